The number of nitrogens with zero attached hydrogens (tertiary/aromatic N) is 5. The molecule has 0 bridgehead atoms. The lowest BCUT2D eigenvalue weighted by Gasteiger charge is -2.33. The quantitative estimate of drug-likeness (QED) is 0.523. The van der Waals surface area contributed by atoms with E-state index in [1.807, 2.05) is 42.9 Å². The van der Waals surface area contributed by atoms with E-state index >= 15 is 0 Å². The highest BCUT2D eigenvalue weighted by Crippen LogP contribution is 2.29. The highest BCUT2D eigenvalue weighted by atomic mass is 16.4. The van der Waals surface area contributed by atoms with Crippen molar-refractivity contribution in [2.24, 2.45) is 0 Å². The summed E-state index contributed by atoms with van der Waals surface area (Å²) in [6.07, 6.45) is 6.43. The summed E-state index contributed by atoms with van der Waals surface area (Å²) < 4.78 is 1.63. The summed E-state index contributed by atoms with van der Waals surface area (Å²) in [5, 5.41) is 15.7. The van der Waals surface area contributed by atoms with Crippen LogP contribution in [0.15, 0.2) is 73.3 Å². The minimum atomic E-state index is -0.943. The number of benzene rings is 2. The first-order chi connectivity index (χ1) is 16.1. The summed E-state index contributed by atoms with van der Waals surface area (Å²) in [5.74, 6) is -0.0616. The Hall–Kier alpha value is -4.20. The maximum atomic E-state index is 12.6. The molecule has 2 aromatic heterocycles. The van der Waals surface area contributed by atoms with Crippen LogP contribution in [-0.4, -0.2) is 67.9 Å². The van der Waals surface area contributed by atoms with Crippen molar-refractivity contribution in [2.75, 3.05) is 26.2 Å². The topological polar surface area (TPSA) is 91.6 Å². The van der Waals surface area contributed by atoms with Crippen LogP contribution in [0.4, 0.5) is 4.79 Å². The molecule has 0 unspecified atom stereocenters. The van der Waals surface area contributed by atoms with Gasteiger partial charge in [0, 0.05) is 61.3 Å². The average Bonchev–Trinajstić information content (AvgIpc) is 3.32. The fourth-order valence-electron chi connectivity index (χ4n) is 4.17. The van der Waals surface area contributed by atoms with Crippen LogP contribution in [0.25, 0.3) is 33.0 Å². The number of piperazine rings is 1. The Labute approximate surface area is 190 Å². The monoisotopic (exact) mass is 441 g/mol. The zero-order valence-electron chi connectivity index (χ0n) is 18.0. The van der Waals surface area contributed by atoms with Gasteiger partial charge in [-0.05, 0) is 16.5 Å². The number of hydrogen-bond donors (Lipinski definition) is 1. The van der Waals surface area contributed by atoms with E-state index in [9.17, 15) is 9.59 Å². The molecule has 4 aromatic rings. The molecule has 0 atom stereocenters. The standard InChI is InChI=1S/C25H23N5O3/c31-24(28-9-11-29(12-10-28)25(32)33)17-30-16-21(14-27-30)18-5-7-19(8-6-18)23-15-26-13-20-3-1-2-4-22(20)23/h1-8,13-16H,9-12,17H2,(H,32,33). The lowest BCUT2D eigenvalue weighted by Crippen LogP contribution is -2.51. The number of hydrogen-bond acceptors (Lipinski definition) is 4. The van der Waals surface area contributed by atoms with E-state index in [0.29, 0.717) is 26.2 Å². The molecule has 8 nitrogen and oxygen atoms in total. The maximum absolute atomic E-state index is 12.6. The molecule has 1 fully saturated rings. The van der Waals surface area contributed by atoms with Gasteiger partial charge in [0.05, 0.1) is 6.20 Å². The van der Waals surface area contributed by atoms with Crippen molar-refractivity contribution in [2.45, 2.75) is 6.54 Å². The van der Waals surface area contributed by atoms with Crippen molar-refractivity contribution in [3.8, 4) is 22.3 Å². The summed E-state index contributed by atoms with van der Waals surface area (Å²) in [6, 6.07) is 16.4. The lowest BCUT2D eigenvalue weighted by atomic mass is 9.99. The number of amides is 2. The van der Waals surface area contributed by atoms with Crippen molar-refractivity contribution in [1.29, 1.82) is 0 Å². The van der Waals surface area contributed by atoms with Gasteiger partial charge in [0.2, 0.25) is 5.91 Å². The third-order valence-electron chi connectivity index (χ3n) is 6.03. The number of carbonyl (C=O) groups is 2. The Morgan fingerprint density at radius 2 is 1.52 bits per heavy atom. The van der Waals surface area contributed by atoms with E-state index < -0.39 is 6.09 Å². The van der Waals surface area contributed by atoms with Gasteiger partial charge in [-0.25, -0.2) is 4.79 Å². The first-order valence-electron chi connectivity index (χ1n) is 10.8. The molecule has 8 heteroatoms. The molecule has 2 aromatic carbocycles. The summed E-state index contributed by atoms with van der Waals surface area (Å²) in [5.41, 5.74) is 4.12. The molecule has 1 N–H and O–H groups in total. The van der Waals surface area contributed by atoms with Gasteiger partial charge in [-0.2, -0.15) is 5.10 Å². The number of pyridine rings is 1. The molecule has 0 spiro atoms. The van der Waals surface area contributed by atoms with Gasteiger partial charge in [0.1, 0.15) is 6.54 Å². The van der Waals surface area contributed by atoms with E-state index in [4.69, 9.17) is 5.11 Å². The van der Waals surface area contributed by atoms with E-state index in [0.717, 1.165) is 33.0 Å². The molecule has 166 valence electrons. The minimum absolute atomic E-state index is 0.0616. The van der Waals surface area contributed by atoms with Gasteiger partial charge in [-0.15, -0.1) is 0 Å². The second kappa shape index (κ2) is 8.74. The van der Waals surface area contributed by atoms with Gasteiger partial charge in [0.25, 0.3) is 0 Å². The van der Waals surface area contributed by atoms with E-state index in [2.05, 4.69) is 34.3 Å². The number of fused-ring (bicyclic) bond motifs is 1. The third-order valence-corrected chi connectivity index (χ3v) is 6.03. The molecule has 1 aliphatic rings. The van der Waals surface area contributed by atoms with Gasteiger partial charge < -0.3 is 14.9 Å². The summed E-state index contributed by atoms with van der Waals surface area (Å²) in [4.78, 5) is 31.0. The predicted octanol–water partition coefficient (Wildman–Crippen LogP) is 3.59. The van der Waals surface area contributed by atoms with Crippen LogP contribution >= 0.6 is 0 Å². The van der Waals surface area contributed by atoms with Crippen molar-refractivity contribution >= 4 is 22.8 Å². The van der Waals surface area contributed by atoms with Gasteiger partial charge in [-0.1, -0.05) is 48.5 Å². The first-order valence-corrected chi connectivity index (χ1v) is 10.8. The van der Waals surface area contributed by atoms with E-state index in [1.54, 1.807) is 15.8 Å². The number of rotatable bonds is 4. The van der Waals surface area contributed by atoms with Crippen LogP contribution in [0.3, 0.4) is 0 Å². The number of aromatic nitrogens is 3. The first kappa shape index (κ1) is 20.7. The van der Waals surface area contributed by atoms with Crippen molar-refractivity contribution in [3.05, 3.63) is 73.3 Å². The molecule has 3 heterocycles. The molecule has 2 amide bonds. The molecule has 0 saturated carbocycles. The predicted molar refractivity (Wildman–Crippen MR) is 125 cm³/mol. The van der Waals surface area contributed by atoms with E-state index in [-0.39, 0.29) is 12.5 Å². The minimum Gasteiger partial charge on any atom is -0.465 e. The number of carboxylic acid groups (broad SMARTS) is 1. The van der Waals surface area contributed by atoms with Crippen LogP contribution in [-0.2, 0) is 11.3 Å². The van der Waals surface area contributed by atoms with Crippen LogP contribution in [0.5, 0.6) is 0 Å². The molecule has 1 saturated heterocycles. The SMILES string of the molecule is O=C(O)N1CCN(C(=O)Cn2cc(-c3ccc(-c4cncc5ccccc45)cc3)cn2)CC1. The van der Waals surface area contributed by atoms with Gasteiger partial charge >= 0.3 is 6.09 Å². The van der Waals surface area contributed by atoms with Crippen LogP contribution in [0.1, 0.15) is 0 Å². The maximum Gasteiger partial charge on any atom is 0.407 e. The Kier molecular flexibility index (Phi) is 5.48. The molecule has 0 radical (unpaired) electrons. The van der Waals surface area contributed by atoms with Crippen LogP contribution in [0.2, 0.25) is 0 Å². The Morgan fingerprint density at radius 1 is 0.818 bits per heavy atom. The zero-order valence-corrected chi connectivity index (χ0v) is 18.0. The van der Waals surface area contributed by atoms with E-state index in [1.165, 1.54) is 4.90 Å². The van der Waals surface area contributed by atoms with Gasteiger partial charge in [0.15, 0.2) is 0 Å². The fraction of sp³-hybridized carbons (Fsp3) is 0.200. The fourth-order valence-corrected chi connectivity index (χ4v) is 4.17. The Bertz CT molecular complexity index is 1300. The summed E-state index contributed by atoms with van der Waals surface area (Å²) in [6.45, 7) is 1.62. The molecular weight excluding hydrogens is 418 g/mol. The second-order valence-corrected chi connectivity index (χ2v) is 8.06. The van der Waals surface area contributed by atoms with Crippen molar-refractivity contribution in [3.63, 3.8) is 0 Å². The van der Waals surface area contributed by atoms with Crippen molar-refractivity contribution < 1.29 is 14.7 Å². The van der Waals surface area contributed by atoms with Crippen LogP contribution in [0, 0.1) is 0 Å². The highest BCUT2D eigenvalue weighted by Gasteiger charge is 2.23. The molecule has 33 heavy (non-hydrogen) atoms. The highest BCUT2D eigenvalue weighted by molar-refractivity contribution is 5.95. The summed E-state index contributed by atoms with van der Waals surface area (Å²) in [7, 11) is 0. The zero-order chi connectivity index (χ0) is 22.8. The molecule has 5 rings (SSSR count). The Balaban J connectivity index is 1.27. The summed E-state index contributed by atoms with van der Waals surface area (Å²) >= 11 is 0. The van der Waals surface area contributed by atoms with Crippen molar-refractivity contribution in [1.82, 2.24) is 24.6 Å². The second-order valence-electron chi connectivity index (χ2n) is 8.06. The molecule has 1 aliphatic heterocycles. The smallest absolute Gasteiger partial charge is 0.407 e. The number of carbonyl (C=O) groups excluding carboxylic acids is 1. The van der Waals surface area contributed by atoms with Gasteiger partial charge in [-0.3, -0.25) is 14.5 Å². The average molecular weight is 441 g/mol. The molecular formula is C25H23N5O3. The third kappa shape index (κ3) is 4.27. The molecule has 0 aliphatic carbocycles. The van der Waals surface area contributed by atoms with Crippen LogP contribution < -0.4 is 0 Å². The normalized spacial score (nSPS) is 13.9. The lowest BCUT2D eigenvalue weighted by molar-refractivity contribution is -0.133. The largest absolute Gasteiger partial charge is 0.465 e. The Morgan fingerprint density at radius 3 is 2.27 bits per heavy atom.